The van der Waals surface area contributed by atoms with Crippen molar-refractivity contribution in [1.29, 1.82) is 0 Å². The van der Waals surface area contributed by atoms with Crippen LogP contribution in [0.25, 0.3) is 77.3 Å². The summed E-state index contributed by atoms with van der Waals surface area (Å²) in [6.07, 6.45) is 0. The molecule has 7 aromatic carbocycles. The Morgan fingerprint density at radius 3 is 1.20 bits per heavy atom. The third-order valence-electron chi connectivity index (χ3n) is 8.52. The SMILES string of the molecule is c1cc(Oc2cccc(-c3ccc4oc5ccccc5c4c3)c2)cc(-c2cccc(-c3ccc4oc5ccccc5c4c3)c2)c1. The molecule has 212 valence electrons. The van der Waals surface area contributed by atoms with Crippen molar-refractivity contribution >= 4 is 43.9 Å². The second-order valence-electron chi connectivity index (χ2n) is 11.4. The van der Waals surface area contributed by atoms with Crippen LogP contribution in [0.3, 0.4) is 0 Å². The Kier molecular flexibility index (Phi) is 5.82. The molecule has 0 spiro atoms. The van der Waals surface area contributed by atoms with Crippen molar-refractivity contribution in [2.75, 3.05) is 0 Å². The summed E-state index contributed by atoms with van der Waals surface area (Å²) in [5.41, 5.74) is 10.3. The number of hydrogen-bond acceptors (Lipinski definition) is 3. The standard InChI is InChI=1S/C42H26O3/c1-3-16-39-35(14-1)37-25-31(18-20-41(37)44-39)28-9-5-8-27(22-28)29-10-6-12-33(23-29)43-34-13-7-11-30(24-34)32-19-21-42-38(26-32)36-15-2-4-17-40(36)45-42/h1-26H. The van der Waals surface area contributed by atoms with Gasteiger partial charge in [0.2, 0.25) is 0 Å². The van der Waals surface area contributed by atoms with E-state index in [-0.39, 0.29) is 0 Å². The van der Waals surface area contributed by atoms with Crippen LogP contribution in [0.1, 0.15) is 0 Å². The number of hydrogen-bond donors (Lipinski definition) is 0. The van der Waals surface area contributed by atoms with Gasteiger partial charge >= 0.3 is 0 Å². The van der Waals surface area contributed by atoms with E-state index in [0.717, 1.165) is 88.8 Å². The van der Waals surface area contributed by atoms with Crippen LogP contribution in [-0.4, -0.2) is 0 Å². The maximum atomic E-state index is 6.41. The third-order valence-corrected chi connectivity index (χ3v) is 8.52. The van der Waals surface area contributed by atoms with Crippen LogP contribution in [0, 0.1) is 0 Å². The molecule has 0 aliphatic heterocycles. The minimum absolute atomic E-state index is 0.788. The van der Waals surface area contributed by atoms with Crippen LogP contribution in [-0.2, 0) is 0 Å². The molecule has 0 amide bonds. The molecular formula is C42H26O3. The number of fused-ring (bicyclic) bond motifs is 6. The van der Waals surface area contributed by atoms with Crippen molar-refractivity contribution in [3.8, 4) is 44.9 Å². The van der Waals surface area contributed by atoms with Crippen molar-refractivity contribution < 1.29 is 13.6 Å². The van der Waals surface area contributed by atoms with Gasteiger partial charge in [0.25, 0.3) is 0 Å². The lowest BCUT2D eigenvalue weighted by Gasteiger charge is -2.11. The molecule has 9 aromatic rings. The van der Waals surface area contributed by atoms with Crippen LogP contribution >= 0.6 is 0 Å². The molecular weight excluding hydrogens is 552 g/mol. The molecule has 0 radical (unpaired) electrons. The first-order valence-electron chi connectivity index (χ1n) is 15.1. The first-order chi connectivity index (χ1) is 22.2. The molecule has 9 rings (SSSR count). The lowest BCUT2D eigenvalue weighted by Crippen LogP contribution is -1.87. The summed E-state index contributed by atoms with van der Waals surface area (Å²) in [5.74, 6) is 1.58. The summed E-state index contributed by atoms with van der Waals surface area (Å²) in [6.45, 7) is 0. The lowest BCUT2D eigenvalue weighted by atomic mass is 9.98. The van der Waals surface area contributed by atoms with Crippen LogP contribution < -0.4 is 4.74 Å². The minimum Gasteiger partial charge on any atom is -0.457 e. The summed E-state index contributed by atoms with van der Waals surface area (Å²) < 4.78 is 18.5. The van der Waals surface area contributed by atoms with Gasteiger partial charge < -0.3 is 13.6 Å². The average molecular weight is 579 g/mol. The molecule has 0 aliphatic rings. The van der Waals surface area contributed by atoms with E-state index in [2.05, 4.69) is 97.1 Å². The van der Waals surface area contributed by atoms with Gasteiger partial charge in [-0.15, -0.1) is 0 Å². The summed E-state index contributed by atoms with van der Waals surface area (Å²) in [7, 11) is 0. The quantitative estimate of drug-likeness (QED) is 0.204. The molecule has 0 saturated heterocycles. The number of benzene rings is 7. The van der Waals surface area contributed by atoms with E-state index in [1.54, 1.807) is 0 Å². The smallest absolute Gasteiger partial charge is 0.135 e. The van der Waals surface area contributed by atoms with Gasteiger partial charge in [-0.3, -0.25) is 0 Å². The summed E-state index contributed by atoms with van der Waals surface area (Å²) in [4.78, 5) is 0. The predicted molar refractivity (Wildman–Crippen MR) is 184 cm³/mol. The van der Waals surface area contributed by atoms with E-state index < -0.39 is 0 Å². The summed E-state index contributed by atoms with van der Waals surface area (Å²) >= 11 is 0. The summed E-state index contributed by atoms with van der Waals surface area (Å²) in [6, 6.07) is 54.3. The van der Waals surface area contributed by atoms with E-state index >= 15 is 0 Å². The maximum absolute atomic E-state index is 6.41. The number of rotatable bonds is 5. The normalized spacial score (nSPS) is 11.6. The number of ether oxygens (including phenoxy) is 1. The highest BCUT2D eigenvalue weighted by Gasteiger charge is 2.11. The van der Waals surface area contributed by atoms with Crippen LogP contribution in [0.2, 0.25) is 0 Å². The zero-order chi connectivity index (χ0) is 29.7. The van der Waals surface area contributed by atoms with Gasteiger partial charge in [-0.1, -0.05) is 91.0 Å². The summed E-state index contributed by atoms with van der Waals surface area (Å²) in [5, 5.41) is 4.50. The Bertz CT molecular complexity index is 2530. The molecule has 0 bridgehead atoms. The van der Waals surface area contributed by atoms with Gasteiger partial charge in [-0.25, -0.2) is 0 Å². The molecule has 45 heavy (non-hydrogen) atoms. The molecule has 0 fully saturated rings. The Morgan fingerprint density at radius 1 is 0.289 bits per heavy atom. The fourth-order valence-corrected chi connectivity index (χ4v) is 6.30. The van der Waals surface area contributed by atoms with Gasteiger partial charge in [-0.05, 0) is 100 Å². The fourth-order valence-electron chi connectivity index (χ4n) is 6.30. The molecule has 0 N–H and O–H groups in total. The molecule has 2 heterocycles. The second-order valence-corrected chi connectivity index (χ2v) is 11.4. The highest BCUT2D eigenvalue weighted by molar-refractivity contribution is 6.07. The highest BCUT2D eigenvalue weighted by Crippen LogP contribution is 2.36. The van der Waals surface area contributed by atoms with Crippen molar-refractivity contribution in [1.82, 2.24) is 0 Å². The lowest BCUT2D eigenvalue weighted by molar-refractivity contribution is 0.483. The van der Waals surface area contributed by atoms with Crippen molar-refractivity contribution in [3.63, 3.8) is 0 Å². The van der Waals surface area contributed by atoms with Gasteiger partial charge in [0.05, 0.1) is 0 Å². The first-order valence-corrected chi connectivity index (χ1v) is 15.1. The molecule has 0 saturated carbocycles. The average Bonchev–Trinajstić information content (AvgIpc) is 3.66. The molecule has 0 unspecified atom stereocenters. The zero-order valence-electron chi connectivity index (χ0n) is 24.2. The van der Waals surface area contributed by atoms with Gasteiger partial charge in [0.15, 0.2) is 0 Å². The molecule has 3 nitrogen and oxygen atoms in total. The Labute approximate surface area is 259 Å². The zero-order valence-corrected chi connectivity index (χ0v) is 24.2. The van der Waals surface area contributed by atoms with Gasteiger partial charge in [0, 0.05) is 21.5 Å². The minimum atomic E-state index is 0.788. The molecule has 0 aliphatic carbocycles. The maximum Gasteiger partial charge on any atom is 0.135 e. The van der Waals surface area contributed by atoms with E-state index in [0.29, 0.717) is 0 Å². The van der Waals surface area contributed by atoms with E-state index in [1.807, 2.05) is 60.7 Å². The van der Waals surface area contributed by atoms with Crippen LogP contribution in [0.15, 0.2) is 167 Å². The molecule has 3 heteroatoms. The van der Waals surface area contributed by atoms with Crippen molar-refractivity contribution in [3.05, 3.63) is 158 Å². The Hall–Kier alpha value is -6.06. The van der Waals surface area contributed by atoms with E-state index in [4.69, 9.17) is 13.6 Å². The Balaban J connectivity index is 1.01. The Morgan fingerprint density at radius 2 is 0.689 bits per heavy atom. The largest absolute Gasteiger partial charge is 0.457 e. The molecule has 2 aromatic heterocycles. The number of furan rings is 2. The fraction of sp³-hybridized carbons (Fsp3) is 0. The van der Waals surface area contributed by atoms with Gasteiger partial charge in [-0.2, -0.15) is 0 Å². The van der Waals surface area contributed by atoms with Crippen LogP contribution in [0.4, 0.5) is 0 Å². The van der Waals surface area contributed by atoms with E-state index in [1.165, 1.54) is 0 Å². The third kappa shape index (κ3) is 4.54. The van der Waals surface area contributed by atoms with Gasteiger partial charge in [0.1, 0.15) is 33.8 Å². The first kappa shape index (κ1) is 25.4. The van der Waals surface area contributed by atoms with Crippen LogP contribution in [0.5, 0.6) is 11.5 Å². The highest BCUT2D eigenvalue weighted by atomic mass is 16.5. The number of para-hydroxylation sites is 2. The second kappa shape index (κ2) is 10.3. The van der Waals surface area contributed by atoms with Crippen molar-refractivity contribution in [2.24, 2.45) is 0 Å². The predicted octanol–water partition coefficient (Wildman–Crippen LogP) is 12.3. The van der Waals surface area contributed by atoms with E-state index in [9.17, 15) is 0 Å². The topological polar surface area (TPSA) is 35.5 Å². The monoisotopic (exact) mass is 578 g/mol. The van der Waals surface area contributed by atoms with Crippen molar-refractivity contribution in [2.45, 2.75) is 0 Å². The molecule has 0 atom stereocenters.